The number of unbranched alkanes of at least 4 members (excludes halogenated alkanes) is 44. The van der Waals surface area contributed by atoms with E-state index in [1.165, 1.54) is 257 Å². The molecular weight excluding hydrogens is 1020 g/mol. The van der Waals surface area contributed by atoms with Crippen molar-refractivity contribution < 1.29 is 28.6 Å². The molecule has 6 heteroatoms. The van der Waals surface area contributed by atoms with Crippen molar-refractivity contribution in [3.05, 3.63) is 72.9 Å². The Labute approximate surface area is 516 Å². The van der Waals surface area contributed by atoms with E-state index >= 15 is 0 Å². The summed E-state index contributed by atoms with van der Waals surface area (Å²) < 4.78 is 17.0. The monoisotopic (exact) mass is 1160 g/mol. The molecule has 482 valence electrons. The van der Waals surface area contributed by atoms with Gasteiger partial charge in [-0.15, -0.1) is 0 Å². The molecule has 0 saturated heterocycles. The van der Waals surface area contributed by atoms with Gasteiger partial charge in [0.05, 0.1) is 0 Å². The van der Waals surface area contributed by atoms with Crippen LogP contribution in [0.1, 0.15) is 380 Å². The van der Waals surface area contributed by atoms with Crippen molar-refractivity contribution in [2.45, 2.75) is 386 Å². The molecule has 1 atom stereocenters. The SMILES string of the molecule is CCCCCCC/C=C\C/C=C\C/C=C\CCCCCCCCCCCCCCC(=O)OCC(COC(=O)CCCCCCCCCCCCCCC)OC(=O)CCCCCCCCCCCC/C=C\C/C=C\C/C=C\CCCCCCC. The van der Waals surface area contributed by atoms with E-state index in [1.54, 1.807) is 0 Å². The van der Waals surface area contributed by atoms with Crippen LogP contribution in [0.3, 0.4) is 0 Å². The summed E-state index contributed by atoms with van der Waals surface area (Å²) in [6, 6.07) is 0. The molecule has 0 rings (SSSR count). The molecule has 0 spiro atoms. The normalized spacial score (nSPS) is 12.5. The summed E-state index contributed by atoms with van der Waals surface area (Å²) in [5, 5.41) is 0. The zero-order chi connectivity index (χ0) is 59.9. The Morgan fingerprint density at radius 1 is 0.241 bits per heavy atom. The van der Waals surface area contributed by atoms with Gasteiger partial charge in [0.25, 0.3) is 0 Å². The summed E-state index contributed by atoms with van der Waals surface area (Å²) in [6.07, 6.45) is 93.6. The number of carbonyl (C=O) groups is 3. The zero-order valence-electron chi connectivity index (χ0n) is 55.5. The second-order valence-electron chi connectivity index (χ2n) is 24.5. The first-order chi connectivity index (χ1) is 41.0. The van der Waals surface area contributed by atoms with Gasteiger partial charge in [0.1, 0.15) is 13.2 Å². The van der Waals surface area contributed by atoms with Gasteiger partial charge < -0.3 is 14.2 Å². The first kappa shape index (κ1) is 79.8. The van der Waals surface area contributed by atoms with Gasteiger partial charge in [-0.2, -0.15) is 0 Å². The van der Waals surface area contributed by atoms with E-state index in [-0.39, 0.29) is 31.1 Å². The van der Waals surface area contributed by atoms with Crippen LogP contribution in [0.2, 0.25) is 0 Å². The minimum Gasteiger partial charge on any atom is -0.462 e. The Bertz CT molecular complexity index is 1520. The Hall–Kier alpha value is -3.15. The quantitative estimate of drug-likeness (QED) is 0.0261. The molecule has 0 aliphatic rings. The van der Waals surface area contributed by atoms with Crippen LogP contribution in [-0.4, -0.2) is 37.2 Å². The Morgan fingerprint density at radius 2 is 0.434 bits per heavy atom. The predicted molar refractivity (Wildman–Crippen MR) is 362 cm³/mol. The predicted octanol–water partition coefficient (Wildman–Crippen LogP) is 25.2. The Kier molecular flexibility index (Phi) is 68.6. The van der Waals surface area contributed by atoms with Crippen molar-refractivity contribution in [2.75, 3.05) is 13.2 Å². The molecule has 0 amide bonds. The van der Waals surface area contributed by atoms with Crippen molar-refractivity contribution in [1.29, 1.82) is 0 Å². The minimum absolute atomic E-state index is 0.0733. The van der Waals surface area contributed by atoms with Crippen LogP contribution >= 0.6 is 0 Å². The van der Waals surface area contributed by atoms with Gasteiger partial charge >= 0.3 is 17.9 Å². The van der Waals surface area contributed by atoms with E-state index in [2.05, 4.69) is 93.7 Å². The van der Waals surface area contributed by atoms with Gasteiger partial charge in [-0.25, -0.2) is 0 Å². The molecule has 0 saturated carbocycles. The molecule has 0 aliphatic heterocycles. The lowest BCUT2D eigenvalue weighted by Crippen LogP contribution is -2.30. The molecule has 0 aliphatic carbocycles. The summed E-state index contributed by atoms with van der Waals surface area (Å²) in [7, 11) is 0. The first-order valence-electron chi connectivity index (χ1n) is 36.4. The van der Waals surface area contributed by atoms with Crippen LogP contribution in [0.5, 0.6) is 0 Å². The highest BCUT2D eigenvalue weighted by Gasteiger charge is 2.19. The lowest BCUT2D eigenvalue weighted by molar-refractivity contribution is -0.167. The second kappa shape index (κ2) is 71.3. The molecule has 0 radical (unpaired) electrons. The van der Waals surface area contributed by atoms with Gasteiger partial charge in [0, 0.05) is 19.3 Å². The Balaban J connectivity index is 4.27. The van der Waals surface area contributed by atoms with Crippen molar-refractivity contribution in [2.24, 2.45) is 0 Å². The van der Waals surface area contributed by atoms with Crippen LogP contribution in [0.25, 0.3) is 0 Å². The maximum atomic E-state index is 13.0. The second-order valence-corrected chi connectivity index (χ2v) is 24.5. The first-order valence-corrected chi connectivity index (χ1v) is 36.4. The molecule has 83 heavy (non-hydrogen) atoms. The van der Waals surface area contributed by atoms with Crippen molar-refractivity contribution in [3.8, 4) is 0 Å². The maximum Gasteiger partial charge on any atom is 0.306 e. The van der Waals surface area contributed by atoms with Crippen LogP contribution in [0.4, 0.5) is 0 Å². The van der Waals surface area contributed by atoms with Gasteiger partial charge in [-0.1, -0.05) is 338 Å². The zero-order valence-corrected chi connectivity index (χ0v) is 55.5. The molecule has 0 aromatic carbocycles. The van der Waals surface area contributed by atoms with Crippen LogP contribution < -0.4 is 0 Å². The molecule has 0 N–H and O–H groups in total. The lowest BCUT2D eigenvalue weighted by atomic mass is 10.0. The molecule has 0 bridgehead atoms. The summed E-state index contributed by atoms with van der Waals surface area (Å²) >= 11 is 0. The van der Waals surface area contributed by atoms with Gasteiger partial charge in [-0.05, 0) is 96.3 Å². The number of ether oxygens (including phenoxy) is 3. The van der Waals surface area contributed by atoms with Crippen LogP contribution in [-0.2, 0) is 28.6 Å². The summed E-state index contributed by atoms with van der Waals surface area (Å²) in [6.45, 7) is 6.67. The fraction of sp³-hybridized carbons (Fsp3) is 0.805. The number of rotatable bonds is 67. The summed E-state index contributed by atoms with van der Waals surface area (Å²) in [5.41, 5.74) is 0. The van der Waals surface area contributed by atoms with E-state index in [4.69, 9.17) is 14.2 Å². The lowest BCUT2D eigenvalue weighted by Gasteiger charge is -2.18. The van der Waals surface area contributed by atoms with E-state index in [0.29, 0.717) is 19.3 Å². The average molecular weight is 1160 g/mol. The fourth-order valence-electron chi connectivity index (χ4n) is 10.7. The topological polar surface area (TPSA) is 78.9 Å². The average Bonchev–Trinajstić information content (AvgIpc) is 3.49. The third-order valence-corrected chi connectivity index (χ3v) is 16.2. The molecule has 6 nitrogen and oxygen atoms in total. The fourth-order valence-corrected chi connectivity index (χ4v) is 10.7. The number of esters is 3. The Morgan fingerprint density at radius 3 is 0.675 bits per heavy atom. The molecule has 0 aromatic heterocycles. The van der Waals surface area contributed by atoms with E-state index in [0.717, 1.165) is 83.5 Å². The smallest absolute Gasteiger partial charge is 0.306 e. The van der Waals surface area contributed by atoms with Crippen molar-refractivity contribution in [3.63, 3.8) is 0 Å². The van der Waals surface area contributed by atoms with Crippen molar-refractivity contribution in [1.82, 2.24) is 0 Å². The van der Waals surface area contributed by atoms with E-state index < -0.39 is 6.10 Å². The molecule has 0 aromatic rings. The highest BCUT2D eigenvalue weighted by molar-refractivity contribution is 5.71. The van der Waals surface area contributed by atoms with Gasteiger partial charge in [0.2, 0.25) is 0 Å². The third kappa shape index (κ3) is 69.5. The number of hydrogen-bond donors (Lipinski definition) is 0. The van der Waals surface area contributed by atoms with Gasteiger partial charge in [-0.3, -0.25) is 14.4 Å². The molecule has 0 fully saturated rings. The standard InChI is InChI=1S/C77H138O6/c1-4-7-10-13-16-19-22-25-27-29-31-33-35-37-38-40-41-43-45-47-49-52-55-58-61-64-67-70-76(79)82-73-74(72-81-75(78)69-66-63-60-57-54-51-24-21-18-15-12-9-6-3)83-77(80)71-68-65-62-59-56-53-50-48-46-44-42-39-36-34-32-30-28-26-23-20-17-14-11-8-5-2/h22-23,25-26,29-32,35-37,39,74H,4-21,24,27-28,33-34,38,40-73H2,1-3H3/b25-22-,26-23-,31-29-,32-30-,37-35-,39-36-. The number of hydrogen-bond acceptors (Lipinski definition) is 6. The molecular formula is C77H138O6. The maximum absolute atomic E-state index is 13.0. The minimum atomic E-state index is -0.778. The highest BCUT2D eigenvalue weighted by Crippen LogP contribution is 2.18. The van der Waals surface area contributed by atoms with Crippen LogP contribution in [0, 0.1) is 0 Å². The van der Waals surface area contributed by atoms with E-state index in [1.807, 2.05) is 0 Å². The number of carbonyl (C=O) groups excluding carboxylic acids is 3. The van der Waals surface area contributed by atoms with Crippen LogP contribution in [0.15, 0.2) is 72.9 Å². The third-order valence-electron chi connectivity index (χ3n) is 16.2. The summed E-state index contributed by atoms with van der Waals surface area (Å²) in [4.78, 5) is 38.5. The van der Waals surface area contributed by atoms with Crippen molar-refractivity contribution >= 4 is 17.9 Å². The highest BCUT2D eigenvalue weighted by atomic mass is 16.6. The summed E-state index contributed by atoms with van der Waals surface area (Å²) in [5.74, 6) is -0.857. The van der Waals surface area contributed by atoms with Gasteiger partial charge in [0.15, 0.2) is 6.10 Å². The van der Waals surface area contributed by atoms with E-state index in [9.17, 15) is 14.4 Å². The molecule has 0 heterocycles. The number of allylic oxidation sites excluding steroid dienone is 12. The molecule has 1 unspecified atom stereocenters. The largest absolute Gasteiger partial charge is 0.462 e.